The fourth-order valence-electron chi connectivity index (χ4n) is 3.32. The Labute approximate surface area is 179 Å². The number of aryl methyl sites for hydroxylation is 3. The molecule has 0 radical (unpaired) electrons. The molecular formula is C23H24N2O4S. The minimum absolute atomic E-state index is 0.175. The van der Waals surface area contributed by atoms with Gasteiger partial charge in [0, 0.05) is 30.1 Å². The number of thiophene rings is 1. The molecule has 0 aliphatic heterocycles. The van der Waals surface area contributed by atoms with E-state index < -0.39 is 5.97 Å². The Morgan fingerprint density at radius 1 is 1.20 bits per heavy atom. The number of amides is 1. The lowest BCUT2D eigenvalue weighted by molar-refractivity contribution is -0.116. The van der Waals surface area contributed by atoms with Crippen LogP contribution in [0.25, 0.3) is 11.1 Å². The molecule has 156 valence electrons. The molecule has 0 unspecified atom stereocenters. The molecule has 1 amide bonds. The van der Waals surface area contributed by atoms with Gasteiger partial charge in [-0.3, -0.25) is 9.59 Å². The molecule has 0 fully saturated rings. The fourth-order valence-corrected chi connectivity index (χ4v) is 4.28. The van der Waals surface area contributed by atoms with Crippen molar-refractivity contribution in [2.45, 2.75) is 33.7 Å². The third kappa shape index (κ3) is 4.68. The van der Waals surface area contributed by atoms with Crippen molar-refractivity contribution in [1.82, 2.24) is 4.57 Å². The molecular weight excluding hydrogens is 400 g/mol. The monoisotopic (exact) mass is 424 g/mol. The molecule has 1 N–H and O–H groups in total. The highest BCUT2D eigenvalue weighted by Gasteiger charge is 2.23. The van der Waals surface area contributed by atoms with Gasteiger partial charge in [-0.15, -0.1) is 11.3 Å². The van der Waals surface area contributed by atoms with Crippen molar-refractivity contribution in [2.24, 2.45) is 0 Å². The van der Waals surface area contributed by atoms with E-state index in [0.717, 1.165) is 28.5 Å². The summed E-state index contributed by atoms with van der Waals surface area (Å²) in [6, 6.07) is 9.49. The van der Waals surface area contributed by atoms with Gasteiger partial charge in [0.05, 0.1) is 12.3 Å². The van der Waals surface area contributed by atoms with Crippen LogP contribution in [0.2, 0.25) is 0 Å². The number of rotatable bonds is 8. The van der Waals surface area contributed by atoms with Gasteiger partial charge in [-0.1, -0.05) is 23.8 Å². The standard InChI is InChI=1S/C23H24N2O4S/c1-4-29-23(28)21-19(18-8-7-15(2)12-16(18)3)14-30-22(21)24-20(27)9-11-25-10-5-6-17(25)13-26/h5-8,10,12-14H,4,9,11H2,1-3H3,(H,24,27). The number of aldehydes is 1. The minimum atomic E-state index is -0.460. The van der Waals surface area contributed by atoms with Gasteiger partial charge in [-0.2, -0.15) is 0 Å². The molecule has 2 heterocycles. The second kappa shape index (κ2) is 9.54. The number of nitrogens with zero attached hydrogens (tertiary/aromatic N) is 1. The number of hydrogen-bond donors (Lipinski definition) is 1. The van der Waals surface area contributed by atoms with E-state index in [2.05, 4.69) is 11.4 Å². The largest absolute Gasteiger partial charge is 0.462 e. The number of ether oxygens (including phenoxy) is 1. The Morgan fingerprint density at radius 2 is 2.00 bits per heavy atom. The lowest BCUT2D eigenvalue weighted by Crippen LogP contribution is -2.17. The average molecular weight is 425 g/mol. The van der Waals surface area contributed by atoms with Gasteiger partial charge in [-0.05, 0) is 44.0 Å². The number of carbonyl (C=O) groups is 3. The lowest BCUT2D eigenvalue weighted by Gasteiger charge is -2.11. The molecule has 2 aromatic heterocycles. The lowest BCUT2D eigenvalue weighted by atomic mass is 9.97. The quantitative estimate of drug-likeness (QED) is 0.414. The van der Waals surface area contributed by atoms with Crippen LogP contribution in [0.5, 0.6) is 0 Å². The third-order valence-electron chi connectivity index (χ3n) is 4.76. The minimum Gasteiger partial charge on any atom is -0.462 e. The van der Waals surface area contributed by atoms with E-state index in [1.54, 1.807) is 29.8 Å². The number of nitrogens with one attached hydrogen (secondary N) is 1. The summed E-state index contributed by atoms with van der Waals surface area (Å²) >= 11 is 1.30. The summed E-state index contributed by atoms with van der Waals surface area (Å²) < 4.78 is 6.97. The predicted molar refractivity (Wildman–Crippen MR) is 118 cm³/mol. The summed E-state index contributed by atoms with van der Waals surface area (Å²) in [4.78, 5) is 36.3. The smallest absolute Gasteiger partial charge is 0.341 e. The number of aromatic nitrogens is 1. The van der Waals surface area contributed by atoms with Gasteiger partial charge < -0.3 is 14.6 Å². The topological polar surface area (TPSA) is 77.4 Å². The van der Waals surface area contributed by atoms with Crippen LogP contribution in [-0.4, -0.2) is 29.3 Å². The van der Waals surface area contributed by atoms with Gasteiger partial charge in [0.1, 0.15) is 10.6 Å². The van der Waals surface area contributed by atoms with Crippen molar-refractivity contribution in [3.8, 4) is 11.1 Å². The summed E-state index contributed by atoms with van der Waals surface area (Å²) in [7, 11) is 0. The number of hydrogen-bond acceptors (Lipinski definition) is 5. The predicted octanol–water partition coefficient (Wildman–Crippen LogP) is 4.85. The second-order valence-electron chi connectivity index (χ2n) is 6.93. The first-order chi connectivity index (χ1) is 14.4. The van der Waals surface area contributed by atoms with Crippen LogP contribution in [0.4, 0.5) is 5.00 Å². The van der Waals surface area contributed by atoms with E-state index >= 15 is 0 Å². The van der Waals surface area contributed by atoms with E-state index in [1.165, 1.54) is 11.3 Å². The maximum atomic E-state index is 12.7. The zero-order valence-electron chi connectivity index (χ0n) is 17.2. The molecule has 1 aromatic carbocycles. The Bertz CT molecular complexity index is 1080. The molecule has 30 heavy (non-hydrogen) atoms. The first-order valence-electron chi connectivity index (χ1n) is 9.71. The summed E-state index contributed by atoms with van der Waals surface area (Å²) in [6.45, 7) is 6.38. The fraction of sp³-hybridized carbons (Fsp3) is 0.261. The number of benzene rings is 1. The Hall–Kier alpha value is -3.19. The van der Waals surface area contributed by atoms with Crippen molar-refractivity contribution in [3.05, 3.63) is 64.3 Å². The molecule has 7 heteroatoms. The number of carbonyl (C=O) groups excluding carboxylic acids is 3. The van der Waals surface area contributed by atoms with Crippen molar-refractivity contribution in [1.29, 1.82) is 0 Å². The number of esters is 1. The maximum absolute atomic E-state index is 12.7. The van der Waals surface area contributed by atoms with Gasteiger partial charge in [0.15, 0.2) is 6.29 Å². The zero-order chi connectivity index (χ0) is 21.7. The van der Waals surface area contributed by atoms with E-state index in [4.69, 9.17) is 4.74 Å². The third-order valence-corrected chi connectivity index (χ3v) is 5.66. The van der Waals surface area contributed by atoms with Crippen molar-refractivity contribution in [2.75, 3.05) is 11.9 Å². The molecule has 3 rings (SSSR count). The molecule has 0 saturated carbocycles. The van der Waals surface area contributed by atoms with Crippen LogP contribution in [0.1, 0.15) is 45.3 Å². The molecule has 6 nitrogen and oxygen atoms in total. The van der Waals surface area contributed by atoms with Crippen molar-refractivity contribution < 1.29 is 19.1 Å². The Morgan fingerprint density at radius 3 is 2.70 bits per heavy atom. The van der Waals surface area contributed by atoms with Crippen LogP contribution in [0, 0.1) is 13.8 Å². The molecule has 0 spiro atoms. The van der Waals surface area contributed by atoms with E-state index in [-0.39, 0.29) is 18.9 Å². The average Bonchev–Trinajstić information content (AvgIpc) is 3.33. The van der Waals surface area contributed by atoms with Crippen LogP contribution >= 0.6 is 11.3 Å². The van der Waals surface area contributed by atoms with Gasteiger partial charge >= 0.3 is 5.97 Å². The zero-order valence-corrected chi connectivity index (χ0v) is 18.0. The maximum Gasteiger partial charge on any atom is 0.341 e. The SMILES string of the molecule is CCOC(=O)c1c(-c2ccc(C)cc2C)csc1NC(=O)CCn1cccc1C=O. The molecule has 0 atom stereocenters. The van der Waals surface area contributed by atoms with E-state index in [0.29, 0.717) is 22.8 Å². The Kier molecular flexibility index (Phi) is 6.84. The van der Waals surface area contributed by atoms with Crippen molar-refractivity contribution in [3.63, 3.8) is 0 Å². The van der Waals surface area contributed by atoms with Gasteiger partial charge in [0.25, 0.3) is 0 Å². The first-order valence-corrected chi connectivity index (χ1v) is 10.6. The highest BCUT2D eigenvalue weighted by Crippen LogP contribution is 2.38. The summed E-state index contributed by atoms with van der Waals surface area (Å²) in [6.07, 6.45) is 2.69. The van der Waals surface area contributed by atoms with E-state index in [1.807, 2.05) is 31.4 Å². The second-order valence-corrected chi connectivity index (χ2v) is 7.81. The van der Waals surface area contributed by atoms with Crippen LogP contribution in [-0.2, 0) is 16.1 Å². The van der Waals surface area contributed by atoms with Crippen LogP contribution < -0.4 is 5.32 Å². The Balaban J connectivity index is 1.85. The molecule has 0 bridgehead atoms. The van der Waals surface area contributed by atoms with Gasteiger partial charge in [-0.25, -0.2) is 4.79 Å². The summed E-state index contributed by atoms with van der Waals surface area (Å²) in [5, 5.41) is 5.19. The molecule has 0 saturated heterocycles. The van der Waals surface area contributed by atoms with Gasteiger partial charge in [0.2, 0.25) is 5.91 Å². The summed E-state index contributed by atoms with van der Waals surface area (Å²) in [5.41, 5.74) is 4.76. The first kappa shape index (κ1) is 21.5. The van der Waals surface area contributed by atoms with E-state index in [9.17, 15) is 14.4 Å². The number of anilines is 1. The molecule has 3 aromatic rings. The normalized spacial score (nSPS) is 10.6. The highest BCUT2D eigenvalue weighted by molar-refractivity contribution is 7.15. The highest BCUT2D eigenvalue weighted by atomic mass is 32.1. The molecule has 0 aliphatic carbocycles. The molecule has 0 aliphatic rings. The van der Waals surface area contributed by atoms with Crippen LogP contribution in [0.3, 0.4) is 0 Å². The van der Waals surface area contributed by atoms with Crippen LogP contribution in [0.15, 0.2) is 41.9 Å². The van der Waals surface area contributed by atoms with Crippen molar-refractivity contribution >= 4 is 34.5 Å². The summed E-state index contributed by atoms with van der Waals surface area (Å²) in [5.74, 6) is -0.696.